The Bertz CT molecular complexity index is 365. The molecule has 0 bridgehead atoms. The molecule has 1 fully saturated rings. The van der Waals surface area contributed by atoms with Gasteiger partial charge in [-0.05, 0) is 30.6 Å². The molecule has 0 spiro atoms. The Morgan fingerprint density at radius 2 is 2.29 bits per heavy atom. The quantitative estimate of drug-likeness (QED) is 0.865. The van der Waals surface area contributed by atoms with Crippen LogP contribution < -0.4 is 5.32 Å². The molecular weight excluding hydrogens is 210 g/mol. The van der Waals surface area contributed by atoms with Crippen LogP contribution in [-0.2, 0) is 6.54 Å². The van der Waals surface area contributed by atoms with Crippen molar-refractivity contribution < 1.29 is 0 Å². The van der Waals surface area contributed by atoms with Crippen molar-refractivity contribution in [1.29, 1.82) is 0 Å². The van der Waals surface area contributed by atoms with E-state index >= 15 is 0 Å². The van der Waals surface area contributed by atoms with Crippen molar-refractivity contribution in [3.63, 3.8) is 0 Å². The standard InChI is InChI=1S/C14H25N3/c1-11(2)10-17-8-7-15-13(17)16-12-5-6-14(3,4)9-12/h7-8,11-12H,5-6,9-10H2,1-4H3,(H,15,16). The van der Waals surface area contributed by atoms with Crippen LogP contribution in [0.3, 0.4) is 0 Å². The van der Waals surface area contributed by atoms with Gasteiger partial charge in [0, 0.05) is 25.0 Å². The monoisotopic (exact) mass is 235 g/mol. The van der Waals surface area contributed by atoms with Crippen LogP contribution in [0, 0.1) is 11.3 Å². The van der Waals surface area contributed by atoms with Gasteiger partial charge in [-0.15, -0.1) is 0 Å². The zero-order chi connectivity index (χ0) is 12.5. The van der Waals surface area contributed by atoms with Crippen molar-refractivity contribution in [2.75, 3.05) is 5.32 Å². The van der Waals surface area contributed by atoms with Gasteiger partial charge in [-0.25, -0.2) is 4.98 Å². The van der Waals surface area contributed by atoms with Gasteiger partial charge in [0.1, 0.15) is 0 Å². The third kappa shape index (κ3) is 3.24. The van der Waals surface area contributed by atoms with E-state index in [1.165, 1.54) is 19.3 Å². The fourth-order valence-corrected chi connectivity index (χ4v) is 2.73. The van der Waals surface area contributed by atoms with Gasteiger partial charge >= 0.3 is 0 Å². The smallest absolute Gasteiger partial charge is 0.202 e. The summed E-state index contributed by atoms with van der Waals surface area (Å²) < 4.78 is 2.23. The van der Waals surface area contributed by atoms with Crippen LogP contribution in [0.1, 0.15) is 47.0 Å². The van der Waals surface area contributed by atoms with Crippen LogP contribution in [0.25, 0.3) is 0 Å². The maximum absolute atomic E-state index is 4.43. The second kappa shape index (κ2) is 4.71. The third-order valence-electron chi connectivity index (χ3n) is 3.58. The number of hydrogen-bond acceptors (Lipinski definition) is 2. The molecule has 0 aromatic carbocycles. The molecular formula is C14H25N3. The van der Waals surface area contributed by atoms with Crippen molar-refractivity contribution in [2.24, 2.45) is 11.3 Å². The highest BCUT2D eigenvalue weighted by Crippen LogP contribution is 2.38. The summed E-state index contributed by atoms with van der Waals surface area (Å²) in [7, 11) is 0. The second-order valence-corrected chi connectivity index (χ2v) is 6.55. The maximum atomic E-state index is 4.43. The van der Waals surface area contributed by atoms with Gasteiger partial charge in [-0.3, -0.25) is 0 Å². The number of anilines is 1. The van der Waals surface area contributed by atoms with Crippen LogP contribution in [0.2, 0.25) is 0 Å². The molecule has 3 nitrogen and oxygen atoms in total. The molecule has 1 N–H and O–H groups in total. The van der Waals surface area contributed by atoms with E-state index in [4.69, 9.17) is 0 Å². The molecule has 1 aromatic heterocycles. The fraction of sp³-hybridized carbons (Fsp3) is 0.786. The average molecular weight is 235 g/mol. The lowest BCUT2D eigenvalue weighted by molar-refractivity contribution is 0.378. The lowest BCUT2D eigenvalue weighted by atomic mass is 9.92. The minimum Gasteiger partial charge on any atom is -0.353 e. The molecule has 2 rings (SSSR count). The van der Waals surface area contributed by atoms with Gasteiger partial charge in [0.05, 0.1) is 0 Å². The second-order valence-electron chi connectivity index (χ2n) is 6.55. The zero-order valence-corrected chi connectivity index (χ0v) is 11.5. The summed E-state index contributed by atoms with van der Waals surface area (Å²) in [6.45, 7) is 10.2. The highest BCUT2D eigenvalue weighted by molar-refractivity contribution is 5.28. The Morgan fingerprint density at radius 1 is 1.53 bits per heavy atom. The highest BCUT2D eigenvalue weighted by Gasteiger charge is 2.31. The SMILES string of the molecule is CC(C)Cn1ccnc1NC1CCC(C)(C)C1. The Hall–Kier alpha value is -0.990. The Labute approximate surface area is 105 Å². The fourth-order valence-electron chi connectivity index (χ4n) is 2.73. The van der Waals surface area contributed by atoms with E-state index in [-0.39, 0.29) is 0 Å². The number of rotatable bonds is 4. The van der Waals surface area contributed by atoms with Gasteiger partial charge in [-0.2, -0.15) is 0 Å². The summed E-state index contributed by atoms with van der Waals surface area (Å²) in [4.78, 5) is 4.43. The molecule has 1 saturated carbocycles. The lowest BCUT2D eigenvalue weighted by Gasteiger charge is -2.19. The Balaban J connectivity index is 1.97. The molecule has 3 heteroatoms. The van der Waals surface area contributed by atoms with Crippen molar-refractivity contribution in [1.82, 2.24) is 9.55 Å². The number of hydrogen-bond donors (Lipinski definition) is 1. The molecule has 1 unspecified atom stereocenters. The number of nitrogens with one attached hydrogen (secondary N) is 1. The summed E-state index contributed by atoms with van der Waals surface area (Å²) in [5.41, 5.74) is 0.493. The topological polar surface area (TPSA) is 29.9 Å². The molecule has 17 heavy (non-hydrogen) atoms. The van der Waals surface area contributed by atoms with Gasteiger partial charge in [-0.1, -0.05) is 27.7 Å². The molecule has 1 aliphatic carbocycles. The van der Waals surface area contributed by atoms with E-state index in [9.17, 15) is 0 Å². The van der Waals surface area contributed by atoms with Crippen molar-refractivity contribution >= 4 is 5.95 Å². The van der Waals surface area contributed by atoms with E-state index in [2.05, 4.69) is 48.8 Å². The predicted molar refractivity (Wildman–Crippen MR) is 72.1 cm³/mol. The molecule has 0 amide bonds. The Kier molecular flexibility index (Phi) is 3.45. The van der Waals surface area contributed by atoms with Crippen molar-refractivity contribution in [3.05, 3.63) is 12.4 Å². The lowest BCUT2D eigenvalue weighted by Crippen LogP contribution is -2.21. The van der Waals surface area contributed by atoms with Gasteiger partial charge in [0.15, 0.2) is 0 Å². The molecule has 1 heterocycles. The summed E-state index contributed by atoms with van der Waals surface area (Å²) >= 11 is 0. The van der Waals surface area contributed by atoms with Crippen LogP contribution in [0.15, 0.2) is 12.4 Å². The van der Waals surface area contributed by atoms with E-state index < -0.39 is 0 Å². The maximum Gasteiger partial charge on any atom is 0.202 e. The normalized spacial score (nSPS) is 23.2. The Morgan fingerprint density at radius 3 is 2.88 bits per heavy atom. The van der Waals surface area contributed by atoms with Crippen molar-refractivity contribution in [2.45, 2.75) is 59.5 Å². The number of imidazole rings is 1. The summed E-state index contributed by atoms with van der Waals surface area (Å²) in [6.07, 6.45) is 7.80. The van der Waals surface area contributed by atoms with E-state index in [1.54, 1.807) is 0 Å². The molecule has 0 aliphatic heterocycles. The summed E-state index contributed by atoms with van der Waals surface area (Å²) in [5, 5.41) is 3.60. The average Bonchev–Trinajstić information content (AvgIpc) is 2.74. The molecule has 0 radical (unpaired) electrons. The van der Waals surface area contributed by atoms with Gasteiger partial charge < -0.3 is 9.88 Å². The van der Waals surface area contributed by atoms with E-state index in [1.807, 2.05) is 6.20 Å². The third-order valence-corrected chi connectivity index (χ3v) is 3.58. The van der Waals surface area contributed by atoms with Gasteiger partial charge in [0.2, 0.25) is 5.95 Å². The molecule has 0 saturated heterocycles. The van der Waals surface area contributed by atoms with Crippen LogP contribution in [0.4, 0.5) is 5.95 Å². The van der Waals surface area contributed by atoms with Crippen LogP contribution in [0.5, 0.6) is 0 Å². The minimum absolute atomic E-state index is 0.493. The first-order valence-electron chi connectivity index (χ1n) is 6.74. The van der Waals surface area contributed by atoms with Gasteiger partial charge in [0.25, 0.3) is 0 Å². The molecule has 1 aliphatic rings. The van der Waals surface area contributed by atoms with Crippen molar-refractivity contribution in [3.8, 4) is 0 Å². The zero-order valence-electron chi connectivity index (χ0n) is 11.5. The van der Waals surface area contributed by atoms with Crippen LogP contribution >= 0.6 is 0 Å². The van der Waals surface area contributed by atoms with E-state index in [0.717, 1.165) is 12.5 Å². The van der Waals surface area contributed by atoms with Crippen LogP contribution in [-0.4, -0.2) is 15.6 Å². The first-order valence-corrected chi connectivity index (χ1v) is 6.74. The molecule has 96 valence electrons. The molecule has 1 aromatic rings. The first kappa shape index (κ1) is 12.5. The number of nitrogens with zero attached hydrogens (tertiary/aromatic N) is 2. The summed E-state index contributed by atoms with van der Waals surface area (Å²) in [6, 6.07) is 0.596. The number of aromatic nitrogens is 2. The predicted octanol–water partition coefficient (Wildman–Crippen LogP) is 3.53. The van der Waals surface area contributed by atoms with E-state index in [0.29, 0.717) is 17.4 Å². The largest absolute Gasteiger partial charge is 0.353 e. The first-order chi connectivity index (χ1) is 7.96. The summed E-state index contributed by atoms with van der Waals surface area (Å²) in [5.74, 6) is 1.70. The minimum atomic E-state index is 0.493. The molecule has 1 atom stereocenters. The highest BCUT2D eigenvalue weighted by atomic mass is 15.2.